The minimum atomic E-state index is -0.721. The Hall–Kier alpha value is -4.68. The monoisotopic (exact) mass is 521 g/mol. The Kier molecular flexibility index (Phi) is 6.57. The molecule has 5 rings (SSSR count). The third kappa shape index (κ3) is 4.69. The molecule has 1 aliphatic carbocycles. The molecule has 0 unspecified atom stereocenters. The molecule has 38 heavy (non-hydrogen) atoms. The number of hydrogen-bond donors (Lipinski definition) is 1. The van der Waals surface area contributed by atoms with Crippen molar-refractivity contribution in [3.8, 4) is 11.6 Å². The average Bonchev–Trinajstić information content (AvgIpc) is 3.59. The number of carbonyl (C=O) groups excluding carboxylic acids is 1. The summed E-state index contributed by atoms with van der Waals surface area (Å²) in [5, 5.41) is 13.7. The van der Waals surface area contributed by atoms with Crippen molar-refractivity contribution >= 4 is 28.8 Å². The van der Waals surface area contributed by atoms with Crippen LogP contribution in [0.25, 0.3) is 11.0 Å². The molecular formula is C25H27N7O6. The topological polar surface area (TPSA) is 148 Å². The summed E-state index contributed by atoms with van der Waals surface area (Å²) in [4.78, 5) is 43.8. The minimum absolute atomic E-state index is 0.0885. The number of fused-ring (bicyclic) bond motifs is 1. The summed E-state index contributed by atoms with van der Waals surface area (Å²) in [6, 6.07) is 6.83. The lowest BCUT2D eigenvalue weighted by Gasteiger charge is -2.12. The minimum Gasteiger partial charge on any atom is -0.486 e. The van der Waals surface area contributed by atoms with Crippen molar-refractivity contribution in [1.29, 1.82) is 0 Å². The van der Waals surface area contributed by atoms with E-state index in [-0.39, 0.29) is 30.2 Å². The molecule has 0 radical (unpaired) electrons. The molecule has 1 fully saturated rings. The Balaban J connectivity index is 1.26. The van der Waals surface area contributed by atoms with E-state index < -0.39 is 11.0 Å². The highest BCUT2D eigenvalue weighted by atomic mass is 16.6. The van der Waals surface area contributed by atoms with Crippen LogP contribution >= 0.6 is 0 Å². The van der Waals surface area contributed by atoms with Crippen LogP contribution in [-0.4, -0.2) is 34.7 Å². The first-order chi connectivity index (χ1) is 18.2. The van der Waals surface area contributed by atoms with Gasteiger partial charge >= 0.3 is 17.7 Å². The lowest BCUT2D eigenvalue weighted by molar-refractivity contribution is -0.396. The van der Waals surface area contributed by atoms with Gasteiger partial charge in [0.1, 0.15) is 18.6 Å². The molecule has 13 nitrogen and oxygen atoms in total. The van der Waals surface area contributed by atoms with E-state index in [9.17, 15) is 19.7 Å². The van der Waals surface area contributed by atoms with Gasteiger partial charge in [-0.05, 0) is 48.5 Å². The molecule has 0 atom stereocenters. The summed E-state index contributed by atoms with van der Waals surface area (Å²) in [6.45, 7) is 1.89. The van der Waals surface area contributed by atoms with Gasteiger partial charge in [0.15, 0.2) is 5.69 Å². The Labute approximate surface area is 216 Å². The molecule has 198 valence electrons. The summed E-state index contributed by atoms with van der Waals surface area (Å²) in [6.07, 6.45) is 6.27. The third-order valence-electron chi connectivity index (χ3n) is 6.88. The second-order valence-electron chi connectivity index (χ2n) is 9.31. The molecular weight excluding hydrogens is 494 g/mol. The van der Waals surface area contributed by atoms with Gasteiger partial charge in [0.25, 0.3) is 0 Å². The van der Waals surface area contributed by atoms with Gasteiger partial charge in [0.05, 0.1) is 24.3 Å². The SMILES string of the molecule is Cc1cc(OCc2cnc([N+](=O)[O-])n2C)ccc1NC(=O)Oc1cc2c(cn1)n(C)c(=O)n2C1CCCC1. The van der Waals surface area contributed by atoms with Crippen LogP contribution in [0.3, 0.4) is 0 Å². The number of aryl methyl sites for hydroxylation is 2. The van der Waals surface area contributed by atoms with Crippen LogP contribution in [0.5, 0.6) is 11.6 Å². The van der Waals surface area contributed by atoms with Crippen LogP contribution in [0.2, 0.25) is 0 Å². The van der Waals surface area contributed by atoms with E-state index in [0.717, 1.165) is 31.2 Å². The van der Waals surface area contributed by atoms with Crippen LogP contribution in [-0.2, 0) is 20.7 Å². The van der Waals surface area contributed by atoms with E-state index in [1.165, 1.54) is 10.8 Å². The summed E-state index contributed by atoms with van der Waals surface area (Å²) in [5.74, 6) is 0.349. The number of imidazole rings is 2. The predicted octanol–water partition coefficient (Wildman–Crippen LogP) is 3.99. The van der Waals surface area contributed by atoms with E-state index in [0.29, 0.717) is 28.2 Å². The number of hydrogen-bond acceptors (Lipinski definition) is 8. The van der Waals surface area contributed by atoms with Gasteiger partial charge in [-0.3, -0.25) is 14.5 Å². The normalized spacial score (nSPS) is 13.7. The first-order valence-electron chi connectivity index (χ1n) is 12.2. The van der Waals surface area contributed by atoms with Gasteiger partial charge in [-0.1, -0.05) is 17.8 Å². The van der Waals surface area contributed by atoms with Gasteiger partial charge in [-0.15, -0.1) is 0 Å². The number of nitrogens with one attached hydrogen (secondary N) is 1. The maximum Gasteiger partial charge on any atom is 0.434 e. The predicted molar refractivity (Wildman–Crippen MR) is 137 cm³/mol. The molecule has 0 bridgehead atoms. The number of pyridine rings is 1. The fourth-order valence-corrected chi connectivity index (χ4v) is 4.80. The quantitative estimate of drug-likeness (QED) is 0.283. The standard InChI is InChI=1S/C25H27N7O6/c1-15-10-18(37-14-17-12-27-23(29(17)2)32(35)36)8-9-19(15)28-24(33)38-22-11-20-21(13-26-22)30(3)25(34)31(20)16-6-4-5-7-16/h8-13,16H,4-7,14H2,1-3H3,(H,28,33). The number of ether oxygens (including phenoxy) is 2. The van der Waals surface area contributed by atoms with Gasteiger partial charge < -0.3 is 19.6 Å². The van der Waals surface area contributed by atoms with E-state index in [2.05, 4.69) is 15.3 Å². The van der Waals surface area contributed by atoms with Crippen molar-refractivity contribution in [3.05, 3.63) is 68.5 Å². The van der Waals surface area contributed by atoms with Gasteiger partial charge in [-0.2, -0.15) is 0 Å². The number of amides is 1. The van der Waals surface area contributed by atoms with Crippen LogP contribution in [0.15, 0.2) is 41.5 Å². The highest BCUT2D eigenvalue weighted by Gasteiger charge is 2.24. The number of aromatic nitrogens is 5. The first kappa shape index (κ1) is 25.0. The Morgan fingerprint density at radius 3 is 2.58 bits per heavy atom. The number of anilines is 1. The highest BCUT2D eigenvalue weighted by Crippen LogP contribution is 2.32. The highest BCUT2D eigenvalue weighted by molar-refractivity contribution is 5.87. The maximum absolute atomic E-state index is 12.8. The van der Waals surface area contributed by atoms with Crippen molar-refractivity contribution < 1.29 is 19.2 Å². The van der Waals surface area contributed by atoms with Crippen LogP contribution < -0.4 is 20.5 Å². The van der Waals surface area contributed by atoms with E-state index in [4.69, 9.17) is 9.47 Å². The van der Waals surface area contributed by atoms with E-state index in [1.54, 1.807) is 60.6 Å². The molecule has 4 aromatic rings. The molecule has 1 N–H and O–H groups in total. The molecule has 1 aromatic carbocycles. The average molecular weight is 522 g/mol. The number of nitrogens with zero attached hydrogens (tertiary/aromatic N) is 6. The fraction of sp³-hybridized carbons (Fsp3) is 0.360. The molecule has 1 saturated carbocycles. The molecule has 1 amide bonds. The van der Waals surface area contributed by atoms with Crippen LogP contribution in [0, 0.1) is 17.0 Å². The molecule has 13 heteroatoms. The summed E-state index contributed by atoms with van der Waals surface area (Å²) >= 11 is 0. The van der Waals surface area contributed by atoms with Gasteiger partial charge in [0, 0.05) is 24.8 Å². The van der Waals surface area contributed by atoms with Crippen molar-refractivity contribution in [2.24, 2.45) is 14.1 Å². The van der Waals surface area contributed by atoms with Crippen molar-refractivity contribution in [2.45, 2.75) is 45.3 Å². The Morgan fingerprint density at radius 2 is 1.89 bits per heavy atom. The fourth-order valence-electron chi connectivity index (χ4n) is 4.80. The maximum atomic E-state index is 12.8. The van der Waals surface area contributed by atoms with E-state index in [1.807, 2.05) is 0 Å². The smallest absolute Gasteiger partial charge is 0.434 e. The third-order valence-corrected chi connectivity index (χ3v) is 6.88. The lowest BCUT2D eigenvalue weighted by Crippen LogP contribution is -2.24. The summed E-state index contributed by atoms with van der Waals surface area (Å²) in [5.41, 5.74) is 3.05. The molecule has 3 heterocycles. The molecule has 0 spiro atoms. The zero-order valence-corrected chi connectivity index (χ0v) is 21.2. The van der Waals surface area contributed by atoms with Crippen LogP contribution in [0.4, 0.5) is 16.4 Å². The number of carbonyl (C=O) groups is 1. The second kappa shape index (κ2) is 10.00. The van der Waals surface area contributed by atoms with Crippen molar-refractivity contribution in [3.63, 3.8) is 0 Å². The second-order valence-corrected chi connectivity index (χ2v) is 9.31. The Morgan fingerprint density at radius 1 is 1.13 bits per heavy atom. The van der Waals surface area contributed by atoms with Crippen LogP contribution in [0.1, 0.15) is 43.0 Å². The lowest BCUT2D eigenvalue weighted by atomic mass is 10.2. The summed E-state index contributed by atoms with van der Waals surface area (Å²) < 4.78 is 15.9. The molecule has 0 aliphatic heterocycles. The first-order valence-corrected chi connectivity index (χ1v) is 12.2. The zero-order chi connectivity index (χ0) is 27.0. The molecule has 3 aromatic heterocycles. The van der Waals surface area contributed by atoms with Gasteiger partial charge in [0.2, 0.25) is 5.88 Å². The molecule has 0 saturated heterocycles. The molecule has 1 aliphatic rings. The number of rotatable bonds is 7. The van der Waals surface area contributed by atoms with E-state index >= 15 is 0 Å². The Bertz CT molecular complexity index is 1600. The number of nitro groups is 1. The summed E-state index contributed by atoms with van der Waals surface area (Å²) in [7, 11) is 3.26. The van der Waals surface area contributed by atoms with Gasteiger partial charge in [-0.25, -0.2) is 19.1 Å². The van der Waals surface area contributed by atoms with Crippen molar-refractivity contribution in [1.82, 2.24) is 23.7 Å². The zero-order valence-electron chi connectivity index (χ0n) is 21.2. The largest absolute Gasteiger partial charge is 0.486 e. The van der Waals surface area contributed by atoms with Crippen molar-refractivity contribution in [2.75, 3.05) is 5.32 Å². The number of benzene rings is 1.